The van der Waals surface area contributed by atoms with Gasteiger partial charge < -0.3 is 9.64 Å². The Morgan fingerprint density at radius 2 is 2.00 bits per heavy atom. The third-order valence-electron chi connectivity index (χ3n) is 4.77. The number of benzene rings is 1. The maximum Gasteiger partial charge on any atom is 0.262 e. The van der Waals surface area contributed by atoms with Crippen LogP contribution in [-0.2, 0) is 4.74 Å². The van der Waals surface area contributed by atoms with Crippen LogP contribution in [0, 0.1) is 0 Å². The highest BCUT2D eigenvalue weighted by Gasteiger charge is 2.23. The molecule has 0 saturated carbocycles. The summed E-state index contributed by atoms with van der Waals surface area (Å²) in [6, 6.07) is 10.5. The minimum absolute atomic E-state index is 0.272. The lowest BCUT2D eigenvalue weighted by atomic mass is 10.2. The SMILES string of the molecule is CCN1CCCC=C1OCCCN(C(=O)c1c(Cl)cccc1Cl)c1ccccn1. The van der Waals surface area contributed by atoms with Crippen LogP contribution in [0.15, 0.2) is 54.6 Å². The summed E-state index contributed by atoms with van der Waals surface area (Å²) in [7, 11) is 0. The normalized spacial score (nSPS) is 13.8. The zero-order valence-corrected chi connectivity index (χ0v) is 18.0. The van der Waals surface area contributed by atoms with E-state index in [0.29, 0.717) is 35.4 Å². The molecule has 7 heteroatoms. The molecule has 154 valence electrons. The smallest absolute Gasteiger partial charge is 0.262 e. The summed E-state index contributed by atoms with van der Waals surface area (Å²) in [4.78, 5) is 21.4. The molecule has 0 aliphatic carbocycles. The van der Waals surface area contributed by atoms with E-state index in [1.54, 1.807) is 35.4 Å². The highest BCUT2D eigenvalue weighted by molar-refractivity contribution is 6.40. The van der Waals surface area contributed by atoms with Crippen molar-refractivity contribution in [2.45, 2.75) is 26.2 Å². The van der Waals surface area contributed by atoms with Gasteiger partial charge in [0.2, 0.25) is 0 Å². The third kappa shape index (κ3) is 5.43. The first kappa shape index (κ1) is 21.5. The molecule has 0 saturated heterocycles. The summed E-state index contributed by atoms with van der Waals surface area (Å²) in [6.07, 6.45) is 6.64. The fourth-order valence-electron chi connectivity index (χ4n) is 3.28. The third-order valence-corrected chi connectivity index (χ3v) is 5.40. The number of ether oxygens (including phenoxy) is 1. The van der Waals surface area contributed by atoms with Gasteiger partial charge in [0.15, 0.2) is 5.88 Å². The Hall–Kier alpha value is -2.24. The number of halogens is 2. The molecule has 1 aliphatic rings. The largest absolute Gasteiger partial charge is 0.479 e. The molecule has 0 atom stereocenters. The fraction of sp³-hybridized carbons (Fsp3) is 0.364. The van der Waals surface area contributed by atoms with Crippen molar-refractivity contribution < 1.29 is 9.53 Å². The van der Waals surface area contributed by atoms with E-state index in [4.69, 9.17) is 27.9 Å². The van der Waals surface area contributed by atoms with Gasteiger partial charge in [0.1, 0.15) is 5.82 Å². The van der Waals surface area contributed by atoms with E-state index < -0.39 is 0 Å². The van der Waals surface area contributed by atoms with Gasteiger partial charge in [-0.25, -0.2) is 4.98 Å². The molecule has 0 fully saturated rings. The van der Waals surface area contributed by atoms with Crippen LogP contribution in [0.2, 0.25) is 10.0 Å². The second-order valence-corrected chi connectivity index (χ2v) is 7.52. The summed E-state index contributed by atoms with van der Waals surface area (Å²) < 4.78 is 5.98. The lowest BCUT2D eigenvalue weighted by Gasteiger charge is -2.29. The zero-order valence-electron chi connectivity index (χ0n) is 16.5. The molecule has 1 aliphatic heterocycles. The Bertz CT molecular complexity index is 838. The molecule has 0 spiro atoms. The van der Waals surface area contributed by atoms with Crippen LogP contribution in [0.25, 0.3) is 0 Å². The summed E-state index contributed by atoms with van der Waals surface area (Å²) >= 11 is 12.5. The molecule has 2 heterocycles. The van der Waals surface area contributed by atoms with E-state index in [1.165, 1.54) is 0 Å². The van der Waals surface area contributed by atoms with Crippen molar-refractivity contribution in [2.24, 2.45) is 0 Å². The van der Waals surface area contributed by atoms with Crippen molar-refractivity contribution in [3.63, 3.8) is 0 Å². The maximum atomic E-state index is 13.2. The summed E-state index contributed by atoms with van der Waals surface area (Å²) in [5.74, 6) is 1.22. The first-order valence-electron chi connectivity index (χ1n) is 9.86. The fourth-order valence-corrected chi connectivity index (χ4v) is 3.84. The molecular weight excluding hydrogens is 409 g/mol. The summed E-state index contributed by atoms with van der Waals surface area (Å²) in [5, 5.41) is 0.649. The molecule has 0 N–H and O–H groups in total. The molecule has 2 aromatic rings. The number of pyridine rings is 1. The Morgan fingerprint density at radius 1 is 1.21 bits per heavy atom. The second kappa shape index (κ2) is 10.5. The number of carbonyl (C=O) groups excluding carboxylic acids is 1. The maximum absolute atomic E-state index is 13.2. The quantitative estimate of drug-likeness (QED) is 0.522. The number of aromatic nitrogens is 1. The average molecular weight is 434 g/mol. The Morgan fingerprint density at radius 3 is 2.69 bits per heavy atom. The molecule has 29 heavy (non-hydrogen) atoms. The summed E-state index contributed by atoms with van der Waals surface area (Å²) in [6.45, 7) is 5.02. The summed E-state index contributed by atoms with van der Waals surface area (Å²) in [5.41, 5.74) is 0.287. The first-order chi connectivity index (χ1) is 14.1. The van der Waals surface area contributed by atoms with Crippen LogP contribution in [0.1, 0.15) is 36.5 Å². The van der Waals surface area contributed by atoms with Crippen molar-refractivity contribution in [2.75, 3.05) is 31.1 Å². The van der Waals surface area contributed by atoms with Gasteiger partial charge in [0.25, 0.3) is 5.91 Å². The number of hydrogen-bond donors (Lipinski definition) is 0. The van der Waals surface area contributed by atoms with Crippen molar-refractivity contribution in [3.05, 3.63) is 70.2 Å². The van der Waals surface area contributed by atoms with Crippen molar-refractivity contribution in [1.29, 1.82) is 0 Å². The highest BCUT2D eigenvalue weighted by Crippen LogP contribution is 2.27. The van der Waals surface area contributed by atoms with Crippen molar-refractivity contribution in [1.82, 2.24) is 9.88 Å². The Kier molecular flexibility index (Phi) is 7.78. The van der Waals surface area contributed by atoms with Crippen LogP contribution in [-0.4, -0.2) is 42.0 Å². The van der Waals surface area contributed by atoms with E-state index in [9.17, 15) is 4.79 Å². The zero-order chi connectivity index (χ0) is 20.6. The van der Waals surface area contributed by atoms with Gasteiger partial charge >= 0.3 is 0 Å². The van der Waals surface area contributed by atoms with E-state index in [2.05, 4.69) is 22.9 Å². The van der Waals surface area contributed by atoms with Gasteiger partial charge in [-0.15, -0.1) is 0 Å². The van der Waals surface area contributed by atoms with E-state index in [0.717, 1.165) is 31.8 Å². The van der Waals surface area contributed by atoms with Crippen LogP contribution < -0.4 is 4.90 Å². The molecule has 1 aromatic heterocycles. The Balaban J connectivity index is 1.70. The topological polar surface area (TPSA) is 45.7 Å². The number of hydrogen-bond acceptors (Lipinski definition) is 4. The van der Waals surface area contributed by atoms with Crippen LogP contribution in [0.3, 0.4) is 0 Å². The van der Waals surface area contributed by atoms with E-state index in [1.807, 2.05) is 12.1 Å². The number of nitrogens with zero attached hydrogens (tertiary/aromatic N) is 3. The van der Waals surface area contributed by atoms with Gasteiger partial charge in [-0.2, -0.15) is 0 Å². The van der Waals surface area contributed by atoms with Gasteiger partial charge in [0.05, 0.1) is 22.2 Å². The van der Waals surface area contributed by atoms with Crippen LogP contribution in [0.4, 0.5) is 5.82 Å². The number of allylic oxidation sites excluding steroid dienone is 1. The Labute approximate surface area is 181 Å². The van der Waals surface area contributed by atoms with Gasteiger partial charge in [0, 0.05) is 25.8 Å². The number of amides is 1. The van der Waals surface area contributed by atoms with E-state index in [-0.39, 0.29) is 11.5 Å². The molecule has 3 rings (SSSR count). The molecule has 0 radical (unpaired) electrons. The van der Waals surface area contributed by atoms with Crippen molar-refractivity contribution in [3.8, 4) is 0 Å². The molecule has 0 bridgehead atoms. The van der Waals surface area contributed by atoms with Crippen molar-refractivity contribution >= 4 is 34.9 Å². The molecule has 1 amide bonds. The van der Waals surface area contributed by atoms with Gasteiger partial charge in [-0.1, -0.05) is 35.3 Å². The molecular formula is C22H25Cl2N3O2. The standard InChI is InChI=1S/C22H25Cl2N3O2/c1-2-26-14-6-4-12-20(26)29-16-8-15-27(19-11-3-5-13-25-19)22(28)21-17(23)9-7-10-18(21)24/h3,5,7,9-13H,2,4,6,8,14-16H2,1H3. The van der Waals surface area contributed by atoms with Crippen LogP contribution in [0.5, 0.6) is 0 Å². The number of carbonyl (C=O) groups is 1. The number of anilines is 1. The molecule has 0 unspecified atom stereocenters. The number of rotatable bonds is 8. The van der Waals surface area contributed by atoms with Crippen LogP contribution >= 0.6 is 23.2 Å². The lowest BCUT2D eigenvalue weighted by Crippen LogP contribution is -2.34. The predicted octanol–water partition coefficient (Wildman–Crippen LogP) is 5.40. The monoisotopic (exact) mass is 433 g/mol. The van der Waals surface area contributed by atoms with Gasteiger partial charge in [-0.05, 0) is 56.5 Å². The molecule has 5 nitrogen and oxygen atoms in total. The first-order valence-corrected chi connectivity index (χ1v) is 10.6. The minimum Gasteiger partial charge on any atom is -0.479 e. The predicted molar refractivity (Wildman–Crippen MR) is 118 cm³/mol. The lowest BCUT2D eigenvalue weighted by molar-refractivity contribution is 0.0962. The highest BCUT2D eigenvalue weighted by atomic mass is 35.5. The molecule has 1 aromatic carbocycles. The second-order valence-electron chi connectivity index (χ2n) is 6.71. The van der Waals surface area contributed by atoms with E-state index >= 15 is 0 Å². The average Bonchev–Trinajstić information content (AvgIpc) is 2.74. The minimum atomic E-state index is -0.272. The van der Waals surface area contributed by atoms with Gasteiger partial charge in [-0.3, -0.25) is 9.69 Å².